The lowest BCUT2D eigenvalue weighted by Crippen LogP contribution is -2.20. The van der Waals surface area contributed by atoms with Crippen LogP contribution in [0, 0.1) is 0 Å². The van der Waals surface area contributed by atoms with Gasteiger partial charge in [-0.1, -0.05) is 24.3 Å². The summed E-state index contributed by atoms with van der Waals surface area (Å²) in [5.74, 6) is -1.27. The molecule has 3 aromatic rings. The number of nitrogens with one attached hydrogen (secondary N) is 1. The van der Waals surface area contributed by atoms with E-state index in [-0.39, 0.29) is 30.1 Å². The van der Waals surface area contributed by atoms with Gasteiger partial charge in [-0.3, -0.25) is 9.59 Å². The van der Waals surface area contributed by atoms with Crippen LogP contribution in [0.15, 0.2) is 53.3 Å². The first-order chi connectivity index (χ1) is 12.5. The summed E-state index contributed by atoms with van der Waals surface area (Å²) >= 11 is 0. The van der Waals surface area contributed by atoms with E-state index in [0.717, 1.165) is 0 Å². The number of phenols is 1. The maximum absolute atomic E-state index is 12.7. The highest BCUT2D eigenvalue weighted by molar-refractivity contribution is 5.86. The van der Waals surface area contributed by atoms with Crippen molar-refractivity contribution in [3.05, 3.63) is 70.0 Å². The lowest BCUT2D eigenvalue weighted by atomic mass is 9.88. The van der Waals surface area contributed by atoms with Crippen LogP contribution in [0.3, 0.4) is 0 Å². The first-order valence-electron chi connectivity index (χ1n) is 8.29. The second-order valence-corrected chi connectivity index (χ2v) is 5.92. The number of fused-ring (bicyclic) bond motifs is 1. The van der Waals surface area contributed by atoms with E-state index in [1.807, 2.05) is 0 Å². The molecule has 0 bridgehead atoms. The van der Waals surface area contributed by atoms with Gasteiger partial charge in [0, 0.05) is 11.3 Å². The summed E-state index contributed by atoms with van der Waals surface area (Å²) in [7, 11) is 0. The summed E-state index contributed by atoms with van der Waals surface area (Å²) in [5, 5.41) is 20.7. The van der Waals surface area contributed by atoms with Gasteiger partial charge in [-0.05, 0) is 36.8 Å². The Kier molecular flexibility index (Phi) is 4.93. The van der Waals surface area contributed by atoms with Crippen molar-refractivity contribution >= 4 is 16.9 Å². The Hall–Kier alpha value is -3.28. The summed E-state index contributed by atoms with van der Waals surface area (Å²) in [6.07, 6.45) is -0.104. The van der Waals surface area contributed by atoms with Gasteiger partial charge in [-0.15, -0.1) is 0 Å². The third-order valence-corrected chi connectivity index (χ3v) is 4.25. The Labute approximate surface area is 149 Å². The highest BCUT2D eigenvalue weighted by Gasteiger charge is 2.26. The van der Waals surface area contributed by atoms with Crippen LogP contribution in [-0.4, -0.2) is 27.8 Å². The molecule has 2 aromatic carbocycles. The van der Waals surface area contributed by atoms with Crippen LogP contribution in [0.5, 0.6) is 11.5 Å². The normalized spacial score (nSPS) is 12.0. The van der Waals surface area contributed by atoms with E-state index in [2.05, 4.69) is 4.98 Å². The number of pyridine rings is 1. The van der Waals surface area contributed by atoms with Crippen LogP contribution in [0.2, 0.25) is 0 Å². The predicted molar refractivity (Wildman–Crippen MR) is 97.4 cm³/mol. The molecule has 134 valence electrons. The number of carbonyl (C=O) groups excluding carboxylic acids is 1. The van der Waals surface area contributed by atoms with Crippen LogP contribution in [0.4, 0.5) is 0 Å². The maximum Gasteiger partial charge on any atom is 0.306 e. The SMILES string of the molecule is CCOC(=O)CC(c1ccc(O)cc1)c1c(O)c2ccccc2[nH]c1=O. The number of hydrogen-bond donors (Lipinski definition) is 3. The highest BCUT2D eigenvalue weighted by atomic mass is 16.5. The monoisotopic (exact) mass is 353 g/mol. The number of ether oxygens (including phenoxy) is 1. The molecule has 3 rings (SSSR count). The van der Waals surface area contributed by atoms with Gasteiger partial charge < -0.3 is 19.9 Å². The molecule has 0 saturated carbocycles. The van der Waals surface area contributed by atoms with Crippen molar-refractivity contribution < 1.29 is 19.7 Å². The maximum atomic E-state index is 12.7. The molecule has 26 heavy (non-hydrogen) atoms. The number of aromatic amines is 1. The molecule has 0 radical (unpaired) electrons. The van der Waals surface area contributed by atoms with Gasteiger partial charge in [-0.25, -0.2) is 0 Å². The molecule has 1 unspecified atom stereocenters. The van der Waals surface area contributed by atoms with Gasteiger partial charge in [-0.2, -0.15) is 0 Å². The van der Waals surface area contributed by atoms with E-state index in [0.29, 0.717) is 16.5 Å². The number of aromatic hydroxyl groups is 2. The van der Waals surface area contributed by atoms with E-state index >= 15 is 0 Å². The highest BCUT2D eigenvalue weighted by Crippen LogP contribution is 2.35. The molecule has 0 aliphatic rings. The Morgan fingerprint density at radius 1 is 1.12 bits per heavy atom. The van der Waals surface area contributed by atoms with E-state index in [1.54, 1.807) is 43.3 Å². The van der Waals surface area contributed by atoms with Crippen molar-refractivity contribution in [2.75, 3.05) is 6.61 Å². The molecular formula is C20H19NO5. The number of carbonyl (C=O) groups is 1. The number of rotatable bonds is 5. The molecule has 1 atom stereocenters. The van der Waals surface area contributed by atoms with Crippen LogP contribution < -0.4 is 5.56 Å². The smallest absolute Gasteiger partial charge is 0.306 e. The summed E-state index contributed by atoms with van der Waals surface area (Å²) < 4.78 is 5.02. The van der Waals surface area contributed by atoms with E-state index in [1.165, 1.54) is 12.1 Å². The minimum absolute atomic E-state index is 0.0697. The van der Waals surface area contributed by atoms with Gasteiger partial charge in [0.15, 0.2) is 0 Å². The molecule has 0 aliphatic heterocycles. The molecule has 3 N–H and O–H groups in total. The van der Waals surface area contributed by atoms with Crippen molar-refractivity contribution in [1.82, 2.24) is 4.98 Å². The molecule has 0 saturated heterocycles. The molecule has 6 heteroatoms. The number of para-hydroxylation sites is 1. The quantitative estimate of drug-likeness (QED) is 0.612. The van der Waals surface area contributed by atoms with Gasteiger partial charge in [0.2, 0.25) is 0 Å². The van der Waals surface area contributed by atoms with Crippen LogP contribution in [0.25, 0.3) is 10.9 Å². The number of hydrogen-bond acceptors (Lipinski definition) is 5. The second kappa shape index (κ2) is 7.31. The van der Waals surface area contributed by atoms with E-state index < -0.39 is 17.4 Å². The average Bonchev–Trinajstić information content (AvgIpc) is 2.62. The van der Waals surface area contributed by atoms with Crippen molar-refractivity contribution in [3.8, 4) is 11.5 Å². The molecule has 0 amide bonds. The standard InChI is InChI=1S/C20H19NO5/c1-2-26-17(23)11-15(12-7-9-13(22)10-8-12)18-19(24)14-5-3-4-6-16(14)21-20(18)25/h3-10,15,22H,2,11H2,1H3,(H2,21,24,25). The van der Waals surface area contributed by atoms with Gasteiger partial charge in [0.1, 0.15) is 11.5 Å². The van der Waals surface area contributed by atoms with Gasteiger partial charge in [0.05, 0.1) is 24.1 Å². The van der Waals surface area contributed by atoms with Crippen molar-refractivity contribution in [2.45, 2.75) is 19.3 Å². The second-order valence-electron chi connectivity index (χ2n) is 5.92. The zero-order valence-corrected chi connectivity index (χ0v) is 14.2. The summed E-state index contributed by atoms with van der Waals surface area (Å²) in [4.78, 5) is 27.5. The number of aromatic nitrogens is 1. The fourth-order valence-electron chi connectivity index (χ4n) is 3.04. The zero-order chi connectivity index (χ0) is 18.7. The van der Waals surface area contributed by atoms with Crippen molar-refractivity contribution in [3.63, 3.8) is 0 Å². The van der Waals surface area contributed by atoms with Crippen LogP contribution in [0.1, 0.15) is 30.4 Å². The van der Waals surface area contributed by atoms with Gasteiger partial charge >= 0.3 is 5.97 Å². The topological polar surface area (TPSA) is 99.6 Å². The minimum Gasteiger partial charge on any atom is -0.508 e. The molecule has 0 fully saturated rings. The average molecular weight is 353 g/mol. The summed E-state index contributed by atoms with van der Waals surface area (Å²) in [6.45, 7) is 1.93. The number of phenolic OH excluding ortho intramolecular Hbond substituents is 1. The Morgan fingerprint density at radius 3 is 2.50 bits per heavy atom. The Balaban J connectivity index is 2.18. The predicted octanol–water partition coefficient (Wildman–Crippen LogP) is 3.02. The third-order valence-electron chi connectivity index (χ3n) is 4.25. The Bertz CT molecular complexity index is 991. The first-order valence-corrected chi connectivity index (χ1v) is 8.29. The minimum atomic E-state index is -0.706. The zero-order valence-electron chi connectivity index (χ0n) is 14.2. The molecular weight excluding hydrogens is 334 g/mol. The lowest BCUT2D eigenvalue weighted by Gasteiger charge is -2.18. The fourth-order valence-corrected chi connectivity index (χ4v) is 3.04. The molecule has 6 nitrogen and oxygen atoms in total. The van der Waals surface area contributed by atoms with E-state index in [4.69, 9.17) is 4.74 Å². The first kappa shape index (κ1) is 17.5. The molecule has 0 aliphatic carbocycles. The number of esters is 1. The summed E-state index contributed by atoms with van der Waals surface area (Å²) in [6, 6.07) is 13.1. The van der Waals surface area contributed by atoms with Crippen molar-refractivity contribution in [2.24, 2.45) is 0 Å². The largest absolute Gasteiger partial charge is 0.508 e. The molecule has 1 heterocycles. The number of benzene rings is 2. The van der Waals surface area contributed by atoms with Crippen molar-refractivity contribution in [1.29, 1.82) is 0 Å². The van der Waals surface area contributed by atoms with E-state index in [9.17, 15) is 19.8 Å². The summed E-state index contributed by atoms with van der Waals surface area (Å²) in [5.41, 5.74) is 0.761. The van der Waals surface area contributed by atoms with Crippen LogP contribution in [-0.2, 0) is 9.53 Å². The van der Waals surface area contributed by atoms with Crippen LogP contribution >= 0.6 is 0 Å². The Morgan fingerprint density at radius 2 is 1.81 bits per heavy atom. The molecule has 1 aromatic heterocycles. The number of H-pyrrole nitrogens is 1. The van der Waals surface area contributed by atoms with Gasteiger partial charge in [0.25, 0.3) is 5.56 Å². The molecule has 0 spiro atoms. The fraction of sp³-hybridized carbons (Fsp3) is 0.200. The lowest BCUT2D eigenvalue weighted by molar-refractivity contribution is -0.143. The third kappa shape index (κ3) is 3.39.